The van der Waals surface area contributed by atoms with E-state index in [2.05, 4.69) is 55.6 Å². The van der Waals surface area contributed by atoms with Crippen LogP contribution < -0.4 is 5.32 Å². The molecule has 0 spiro atoms. The van der Waals surface area contributed by atoms with Crippen LogP contribution in [0.1, 0.15) is 149 Å². The van der Waals surface area contributed by atoms with Crippen LogP contribution in [0.4, 0.5) is 0 Å². The minimum absolute atomic E-state index is 0.284. The monoisotopic (exact) mass is 738 g/mol. The van der Waals surface area contributed by atoms with Crippen LogP contribution in [-0.4, -0.2) is 98.7 Å². The lowest BCUT2D eigenvalue weighted by molar-refractivity contribution is -0.302. The van der Waals surface area contributed by atoms with Crippen LogP contribution in [0.2, 0.25) is 0 Å². The molecule has 1 aliphatic heterocycles. The Morgan fingerprint density at radius 2 is 1.19 bits per heavy atom. The molecule has 7 N–H and O–H groups in total. The average molecular weight is 738 g/mol. The average Bonchev–Trinajstić information content (AvgIpc) is 3.14. The molecule has 0 aromatic heterocycles. The highest BCUT2D eigenvalue weighted by molar-refractivity contribution is 5.80. The fraction of sp³-hybridized carbons (Fsp3) is 0.786. The van der Waals surface area contributed by atoms with Gasteiger partial charge in [-0.05, 0) is 57.8 Å². The molecule has 1 heterocycles. The smallest absolute Gasteiger partial charge is 0.249 e. The molecule has 0 bridgehead atoms. The van der Waals surface area contributed by atoms with Crippen molar-refractivity contribution in [2.45, 2.75) is 198 Å². The zero-order valence-corrected chi connectivity index (χ0v) is 32.4. The van der Waals surface area contributed by atoms with Crippen LogP contribution in [0.5, 0.6) is 0 Å². The minimum atomic E-state index is -1.62. The summed E-state index contributed by atoms with van der Waals surface area (Å²) in [4.78, 5) is 13.0. The molecule has 302 valence electrons. The van der Waals surface area contributed by atoms with Gasteiger partial charge in [0.2, 0.25) is 5.91 Å². The van der Waals surface area contributed by atoms with Crippen molar-refractivity contribution in [2.24, 2.45) is 0 Å². The predicted octanol–water partition coefficient (Wildman–Crippen LogP) is 6.47. The molecule has 1 saturated heterocycles. The molecular formula is C42H75NO9. The molecule has 8 atom stereocenters. The number of aliphatic hydroxyl groups is 6. The molecule has 1 rings (SSSR count). The number of nitrogens with one attached hydrogen (secondary N) is 1. The summed E-state index contributed by atoms with van der Waals surface area (Å²) in [6, 6.07) is -1.00. The summed E-state index contributed by atoms with van der Waals surface area (Å²) < 4.78 is 11.1. The number of amides is 1. The van der Waals surface area contributed by atoms with Crippen LogP contribution in [0, 0.1) is 0 Å². The third-order valence-electron chi connectivity index (χ3n) is 9.51. The quantitative estimate of drug-likeness (QED) is 0.0233. The summed E-state index contributed by atoms with van der Waals surface area (Å²) in [6.07, 6.45) is 29.1. The number of hydrogen-bond donors (Lipinski definition) is 7. The Kier molecular flexibility index (Phi) is 30.1. The number of hydrogen-bond acceptors (Lipinski definition) is 9. The highest BCUT2D eigenvalue weighted by atomic mass is 16.7. The lowest BCUT2D eigenvalue weighted by atomic mass is 9.99. The Balaban J connectivity index is 2.54. The highest BCUT2D eigenvalue weighted by Gasteiger charge is 2.44. The number of unbranched alkanes of at least 4 members (excludes halogenated alkanes) is 16. The van der Waals surface area contributed by atoms with Crippen LogP contribution in [0.25, 0.3) is 0 Å². The summed E-state index contributed by atoms with van der Waals surface area (Å²) >= 11 is 0. The fourth-order valence-electron chi connectivity index (χ4n) is 6.05. The second-order valence-electron chi connectivity index (χ2n) is 14.2. The molecule has 1 aliphatic rings. The van der Waals surface area contributed by atoms with Crippen molar-refractivity contribution in [3.63, 3.8) is 0 Å². The highest BCUT2D eigenvalue weighted by Crippen LogP contribution is 2.22. The standard InChI is InChI=1S/C42H75NO9/c1-3-5-7-9-11-13-15-17-19-21-23-25-27-29-31-36(46)41(50)43-34(33-51-42-40(49)39(48)38(47)37(32-44)52-42)35(45)30-28-26-24-22-20-18-16-14-12-10-8-6-4-2/h11,13,15,17,20,22,28,30,34-40,42,44-49H,3-10,12,14,16,18-19,21,23-27,29,31-33H2,1-2H3,(H,43,50)/b13-11-,17-15-,22-20+,30-28+. The molecule has 0 aromatic rings. The molecular weight excluding hydrogens is 662 g/mol. The van der Waals surface area contributed by atoms with E-state index < -0.39 is 61.5 Å². The zero-order valence-electron chi connectivity index (χ0n) is 32.4. The van der Waals surface area contributed by atoms with E-state index in [1.165, 1.54) is 64.2 Å². The van der Waals surface area contributed by atoms with E-state index in [0.29, 0.717) is 12.8 Å². The van der Waals surface area contributed by atoms with Crippen molar-refractivity contribution >= 4 is 5.91 Å². The Hall–Kier alpha value is -1.89. The molecule has 10 nitrogen and oxygen atoms in total. The van der Waals surface area contributed by atoms with Gasteiger partial charge in [0.05, 0.1) is 25.4 Å². The molecule has 1 fully saturated rings. The van der Waals surface area contributed by atoms with Crippen molar-refractivity contribution in [3.8, 4) is 0 Å². The Morgan fingerprint density at radius 1 is 0.673 bits per heavy atom. The van der Waals surface area contributed by atoms with Crippen molar-refractivity contribution < 1.29 is 44.9 Å². The predicted molar refractivity (Wildman–Crippen MR) is 209 cm³/mol. The largest absolute Gasteiger partial charge is 0.394 e. The SMILES string of the molecule is CCCCC/C=C\C=C/CCCCCCCC(O)C(=O)NC(COC1OC(CO)C(O)C(O)C1O)C(O)/C=C/CC/C=C/CCCCCCCCC. The van der Waals surface area contributed by atoms with Gasteiger partial charge in [0.25, 0.3) is 0 Å². The van der Waals surface area contributed by atoms with Gasteiger partial charge in [-0.15, -0.1) is 0 Å². The Labute approximate surface area is 315 Å². The van der Waals surface area contributed by atoms with Crippen molar-refractivity contribution in [3.05, 3.63) is 48.6 Å². The maximum atomic E-state index is 13.0. The third-order valence-corrected chi connectivity index (χ3v) is 9.51. The molecule has 8 unspecified atom stereocenters. The van der Waals surface area contributed by atoms with Crippen molar-refractivity contribution in [1.82, 2.24) is 5.32 Å². The van der Waals surface area contributed by atoms with Gasteiger partial charge in [0, 0.05) is 0 Å². The van der Waals surface area contributed by atoms with E-state index in [9.17, 15) is 35.4 Å². The summed E-state index contributed by atoms with van der Waals surface area (Å²) in [5.41, 5.74) is 0. The van der Waals surface area contributed by atoms with Crippen LogP contribution >= 0.6 is 0 Å². The summed E-state index contributed by atoms with van der Waals surface area (Å²) in [5.74, 6) is -0.643. The van der Waals surface area contributed by atoms with Gasteiger partial charge in [-0.3, -0.25) is 4.79 Å². The molecule has 0 radical (unpaired) electrons. The van der Waals surface area contributed by atoms with Crippen LogP contribution in [-0.2, 0) is 14.3 Å². The molecule has 0 saturated carbocycles. The second-order valence-corrected chi connectivity index (χ2v) is 14.2. The lowest BCUT2D eigenvalue weighted by Crippen LogP contribution is -2.60. The summed E-state index contributed by atoms with van der Waals surface area (Å²) in [6.45, 7) is 3.50. The maximum absolute atomic E-state index is 13.0. The third kappa shape index (κ3) is 23.0. The van der Waals surface area contributed by atoms with Gasteiger partial charge in [-0.2, -0.15) is 0 Å². The van der Waals surface area contributed by atoms with E-state index in [0.717, 1.165) is 51.4 Å². The van der Waals surface area contributed by atoms with Crippen LogP contribution in [0.15, 0.2) is 48.6 Å². The lowest BCUT2D eigenvalue weighted by Gasteiger charge is -2.40. The topological polar surface area (TPSA) is 169 Å². The van der Waals surface area contributed by atoms with Gasteiger partial charge in [-0.1, -0.05) is 140 Å². The molecule has 0 aliphatic carbocycles. The number of ether oxygens (including phenoxy) is 2. The van der Waals surface area contributed by atoms with Crippen LogP contribution in [0.3, 0.4) is 0 Å². The first kappa shape index (κ1) is 48.1. The molecule has 0 aromatic carbocycles. The van der Waals surface area contributed by atoms with Crippen molar-refractivity contribution in [2.75, 3.05) is 13.2 Å². The van der Waals surface area contributed by atoms with Crippen molar-refractivity contribution in [1.29, 1.82) is 0 Å². The maximum Gasteiger partial charge on any atom is 0.249 e. The number of aliphatic hydroxyl groups excluding tert-OH is 6. The number of carbonyl (C=O) groups excluding carboxylic acids is 1. The number of allylic oxidation sites excluding steroid dienone is 7. The number of rotatable bonds is 32. The summed E-state index contributed by atoms with van der Waals surface area (Å²) in [5, 5.41) is 64.3. The fourth-order valence-corrected chi connectivity index (χ4v) is 6.05. The van der Waals surface area contributed by atoms with Gasteiger partial charge >= 0.3 is 0 Å². The van der Waals surface area contributed by atoms with Gasteiger partial charge in [0.1, 0.15) is 30.5 Å². The first-order valence-corrected chi connectivity index (χ1v) is 20.5. The molecule has 52 heavy (non-hydrogen) atoms. The second kappa shape index (κ2) is 32.5. The van der Waals surface area contributed by atoms with Gasteiger partial charge in [0.15, 0.2) is 6.29 Å². The molecule has 1 amide bonds. The van der Waals surface area contributed by atoms with E-state index in [-0.39, 0.29) is 13.0 Å². The van der Waals surface area contributed by atoms with E-state index >= 15 is 0 Å². The zero-order chi connectivity index (χ0) is 38.2. The normalized spacial score (nSPS) is 23.0. The first-order valence-electron chi connectivity index (χ1n) is 20.5. The minimum Gasteiger partial charge on any atom is -0.394 e. The number of carbonyl (C=O) groups is 1. The first-order chi connectivity index (χ1) is 25.3. The van der Waals surface area contributed by atoms with E-state index in [1.807, 2.05) is 6.08 Å². The van der Waals surface area contributed by atoms with E-state index in [1.54, 1.807) is 6.08 Å². The van der Waals surface area contributed by atoms with Gasteiger partial charge in [-0.25, -0.2) is 0 Å². The van der Waals surface area contributed by atoms with Gasteiger partial charge < -0.3 is 45.4 Å². The summed E-state index contributed by atoms with van der Waals surface area (Å²) in [7, 11) is 0. The van der Waals surface area contributed by atoms with E-state index in [4.69, 9.17) is 9.47 Å². The Bertz CT molecular complexity index is 969. The Morgan fingerprint density at radius 3 is 1.83 bits per heavy atom. The molecule has 10 heteroatoms.